The normalized spacial score (nSPS) is 12.0. The molecule has 0 saturated carbocycles. The van der Waals surface area contributed by atoms with Gasteiger partial charge in [-0.25, -0.2) is 0 Å². The van der Waals surface area contributed by atoms with E-state index in [1.807, 2.05) is 56.3 Å². The van der Waals surface area contributed by atoms with Crippen LogP contribution in [0.3, 0.4) is 0 Å². The summed E-state index contributed by atoms with van der Waals surface area (Å²) in [6, 6.07) is 13.4. The highest BCUT2D eigenvalue weighted by Gasteiger charge is 2.07. The lowest BCUT2D eigenvalue weighted by Gasteiger charge is -2.15. The van der Waals surface area contributed by atoms with Gasteiger partial charge in [-0.3, -0.25) is 0 Å². The molecule has 0 radical (unpaired) electrons. The van der Waals surface area contributed by atoms with Crippen molar-refractivity contribution in [3.63, 3.8) is 0 Å². The van der Waals surface area contributed by atoms with Crippen molar-refractivity contribution < 1.29 is 9.84 Å². The van der Waals surface area contributed by atoms with Crippen LogP contribution < -0.4 is 10.1 Å². The minimum absolute atomic E-state index is 0.246. The second-order valence-electron chi connectivity index (χ2n) is 5.12. The Labute approximate surface area is 130 Å². The molecule has 2 aromatic rings. The number of aliphatic hydroxyl groups excluding tert-OH is 1. The molecule has 1 atom stereocenters. The van der Waals surface area contributed by atoms with Gasteiger partial charge >= 0.3 is 0 Å². The molecule has 0 heterocycles. The third kappa shape index (κ3) is 4.96. The summed E-state index contributed by atoms with van der Waals surface area (Å²) in [5.41, 5.74) is 3.15. The Morgan fingerprint density at radius 3 is 2.76 bits per heavy atom. The number of hydrogen-bond donors (Lipinski definition) is 2. The molecule has 21 heavy (non-hydrogen) atoms. The van der Waals surface area contributed by atoms with Crippen LogP contribution in [-0.2, 0) is 0 Å². The molecule has 2 aromatic carbocycles. The van der Waals surface area contributed by atoms with Crippen molar-refractivity contribution in [3.05, 3.63) is 58.6 Å². The van der Waals surface area contributed by atoms with Gasteiger partial charge in [0.05, 0.1) is 0 Å². The number of nitrogens with one attached hydrogen (secondary N) is 1. The summed E-state index contributed by atoms with van der Waals surface area (Å²) >= 11 is 5.96. The van der Waals surface area contributed by atoms with Crippen molar-refractivity contribution >= 4 is 17.3 Å². The number of hydrogen-bond acceptors (Lipinski definition) is 3. The number of benzene rings is 2. The van der Waals surface area contributed by atoms with Crippen LogP contribution in [0.4, 0.5) is 5.69 Å². The summed E-state index contributed by atoms with van der Waals surface area (Å²) in [5, 5.41) is 13.8. The second kappa shape index (κ2) is 7.34. The molecule has 0 saturated heterocycles. The van der Waals surface area contributed by atoms with Gasteiger partial charge in [-0.2, -0.15) is 0 Å². The zero-order chi connectivity index (χ0) is 15.2. The Morgan fingerprint density at radius 1 is 1.19 bits per heavy atom. The summed E-state index contributed by atoms with van der Waals surface area (Å²) in [6.07, 6.45) is -0.594. The van der Waals surface area contributed by atoms with Crippen molar-refractivity contribution in [2.75, 3.05) is 18.5 Å². The van der Waals surface area contributed by atoms with Gasteiger partial charge < -0.3 is 15.2 Å². The van der Waals surface area contributed by atoms with Crippen molar-refractivity contribution in [3.8, 4) is 5.75 Å². The lowest BCUT2D eigenvalue weighted by atomic mass is 10.2. The van der Waals surface area contributed by atoms with Gasteiger partial charge in [-0.15, -0.1) is 0 Å². The van der Waals surface area contributed by atoms with E-state index in [1.54, 1.807) is 0 Å². The van der Waals surface area contributed by atoms with Crippen LogP contribution >= 0.6 is 11.6 Å². The maximum absolute atomic E-state index is 9.98. The van der Waals surface area contributed by atoms with Crippen LogP contribution in [0.5, 0.6) is 5.75 Å². The fourth-order valence-corrected chi connectivity index (χ4v) is 2.14. The molecule has 112 valence electrons. The van der Waals surface area contributed by atoms with E-state index >= 15 is 0 Å². The predicted octanol–water partition coefficient (Wildman–Crippen LogP) is 3.81. The minimum atomic E-state index is -0.594. The Morgan fingerprint density at radius 2 is 2.00 bits per heavy atom. The van der Waals surface area contributed by atoms with Gasteiger partial charge in [-0.05, 0) is 49.2 Å². The van der Waals surface area contributed by atoms with E-state index in [9.17, 15) is 5.11 Å². The highest BCUT2D eigenvalue weighted by Crippen LogP contribution is 2.20. The summed E-state index contributed by atoms with van der Waals surface area (Å²) in [4.78, 5) is 0. The third-order valence-electron chi connectivity index (χ3n) is 3.16. The van der Waals surface area contributed by atoms with Crippen molar-refractivity contribution in [1.29, 1.82) is 0 Å². The molecule has 4 heteroatoms. The minimum Gasteiger partial charge on any atom is -0.491 e. The second-order valence-corrected chi connectivity index (χ2v) is 5.56. The van der Waals surface area contributed by atoms with Crippen molar-refractivity contribution in [2.45, 2.75) is 20.0 Å². The lowest BCUT2D eigenvalue weighted by molar-refractivity contribution is 0.117. The molecule has 0 fully saturated rings. The fraction of sp³-hybridized carbons (Fsp3) is 0.294. The van der Waals surface area contributed by atoms with E-state index in [2.05, 4.69) is 5.32 Å². The Hall–Kier alpha value is -1.71. The van der Waals surface area contributed by atoms with E-state index in [4.69, 9.17) is 16.3 Å². The fourth-order valence-electron chi connectivity index (χ4n) is 1.97. The number of aliphatic hydroxyl groups is 1. The van der Waals surface area contributed by atoms with Crippen LogP contribution in [0.15, 0.2) is 42.5 Å². The lowest BCUT2D eigenvalue weighted by Crippen LogP contribution is -2.26. The Kier molecular flexibility index (Phi) is 5.48. The molecule has 1 unspecified atom stereocenters. The number of rotatable bonds is 6. The smallest absolute Gasteiger partial charge is 0.119 e. The summed E-state index contributed by atoms with van der Waals surface area (Å²) < 4.78 is 5.57. The van der Waals surface area contributed by atoms with E-state index in [-0.39, 0.29) is 6.61 Å². The van der Waals surface area contributed by atoms with Crippen LogP contribution in [0.1, 0.15) is 11.1 Å². The number of anilines is 1. The highest BCUT2D eigenvalue weighted by atomic mass is 35.5. The predicted molar refractivity (Wildman–Crippen MR) is 87.4 cm³/mol. The zero-order valence-electron chi connectivity index (χ0n) is 12.3. The van der Waals surface area contributed by atoms with Crippen molar-refractivity contribution in [2.24, 2.45) is 0 Å². The van der Waals surface area contributed by atoms with Gasteiger partial charge in [0.25, 0.3) is 0 Å². The van der Waals surface area contributed by atoms with Gasteiger partial charge in [0.2, 0.25) is 0 Å². The van der Waals surface area contributed by atoms with Crippen molar-refractivity contribution in [1.82, 2.24) is 0 Å². The first-order valence-electron chi connectivity index (χ1n) is 6.92. The van der Waals surface area contributed by atoms with Gasteiger partial charge in [-0.1, -0.05) is 29.8 Å². The quantitative estimate of drug-likeness (QED) is 0.853. The van der Waals surface area contributed by atoms with Crippen LogP contribution in [0.2, 0.25) is 5.02 Å². The average Bonchev–Trinajstić information content (AvgIpc) is 2.46. The topological polar surface area (TPSA) is 41.5 Å². The Balaban J connectivity index is 1.82. The Bertz CT molecular complexity index is 601. The molecule has 0 amide bonds. The molecule has 3 nitrogen and oxygen atoms in total. The molecule has 0 aliphatic carbocycles. The first-order chi connectivity index (χ1) is 10.0. The molecule has 2 N–H and O–H groups in total. The zero-order valence-corrected chi connectivity index (χ0v) is 13.0. The monoisotopic (exact) mass is 305 g/mol. The molecule has 0 aliphatic heterocycles. The summed E-state index contributed by atoms with van der Waals surface area (Å²) in [6.45, 7) is 4.66. The molecule has 2 rings (SSSR count). The first kappa shape index (κ1) is 15.7. The molecule has 0 aromatic heterocycles. The summed E-state index contributed by atoms with van der Waals surface area (Å²) in [5.74, 6) is 0.771. The van der Waals surface area contributed by atoms with Crippen LogP contribution in [-0.4, -0.2) is 24.4 Å². The maximum atomic E-state index is 9.98. The largest absolute Gasteiger partial charge is 0.491 e. The molecule has 0 bridgehead atoms. The van der Waals surface area contributed by atoms with E-state index in [1.165, 1.54) is 0 Å². The standard InChI is InChI=1S/C17H20ClNO2/c1-12-4-3-5-16(8-12)21-11-15(20)10-19-17-9-14(18)7-6-13(17)2/h3-9,15,19-20H,10-11H2,1-2H3. The highest BCUT2D eigenvalue weighted by molar-refractivity contribution is 6.30. The molecule has 0 spiro atoms. The van der Waals surface area contributed by atoms with Crippen LogP contribution in [0, 0.1) is 13.8 Å². The van der Waals surface area contributed by atoms with Gasteiger partial charge in [0, 0.05) is 17.3 Å². The third-order valence-corrected chi connectivity index (χ3v) is 3.39. The summed E-state index contributed by atoms with van der Waals surface area (Å²) in [7, 11) is 0. The average molecular weight is 306 g/mol. The van der Waals surface area contributed by atoms with Gasteiger partial charge in [0.1, 0.15) is 18.5 Å². The molecular formula is C17H20ClNO2. The van der Waals surface area contributed by atoms with E-state index in [0.717, 1.165) is 22.6 Å². The number of halogens is 1. The maximum Gasteiger partial charge on any atom is 0.119 e. The van der Waals surface area contributed by atoms with E-state index < -0.39 is 6.10 Å². The SMILES string of the molecule is Cc1cccc(OCC(O)CNc2cc(Cl)ccc2C)c1. The number of aryl methyl sites for hydroxylation is 2. The van der Waals surface area contributed by atoms with Crippen LogP contribution in [0.25, 0.3) is 0 Å². The number of ether oxygens (including phenoxy) is 1. The van der Waals surface area contributed by atoms with E-state index in [0.29, 0.717) is 11.6 Å². The molecular weight excluding hydrogens is 286 g/mol. The van der Waals surface area contributed by atoms with Gasteiger partial charge in [0.15, 0.2) is 0 Å². The molecule has 0 aliphatic rings. The first-order valence-corrected chi connectivity index (χ1v) is 7.30.